The number of β-amino-alcohol motifs (C(OH)–C–C–N with tert-alkyl or cyclic N) is 1. The standard InChI is InChI=1S/C21H24N2O5/c1-22(20(25)27-14-16-8-4-2-5-9-16)18-12-23(13-19(18)24)21(26)28-15-17-10-6-3-7-11-17/h2-11,18-19,24H,12-15H2,1H3/t18-,19-/m1/s1. The first-order valence-electron chi connectivity index (χ1n) is 9.12. The van der Waals surface area contributed by atoms with E-state index in [1.54, 1.807) is 7.05 Å². The van der Waals surface area contributed by atoms with E-state index in [4.69, 9.17) is 9.47 Å². The third-order valence-electron chi connectivity index (χ3n) is 4.71. The van der Waals surface area contributed by atoms with Gasteiger partial charge in [-0.1, -0.05) is 60.7 Å². The molecule has 1 heterocycles. The minimum atomic E-state index is -0.862. The van der Waals surface area contributed by atoms with Gasteiger partial charge in [0, 0.05) is 13.6 Å². The van der Waals surface area contributed by atoms with Crippen molar-refractivity contribution < 1.29 is 24.2 Å². The van der Waals surface area contributed by atoms with Crippen molar-refractivity contribution in [2.75, 3.05) is 20.1 Å². The number of likely N-dealkylation sites (N-methyl/N-ethyl adjacent to an activating group) is 1. The van der Waals surface area contributed by atoms with Crippen LogP contribution in [-0.2, 0) is 22.7 Å². The summed E-state index contributed by atoms with van der Waals surface area (Å²) in [4.78, 5) is 27.3. The number of nitrogens with zero attached hydrogens (tertiary/aromatic N) is 2. The van der Waals surface area contributed by atoms with E-state index in [0.717, 1.165) is 11.1 Å². The fraction of sp³-hybridized carbons (Fsp3) is 0.333. The number of hydrogen-bond acceptors (Lipinski definition) is 5. The Hall–Kier alpha value is -3.06. The van der Waals surface area contributed by atoms with Gasteiger partial charge in [0.2, 0.25) is 0 Å². The Kier molecular flexibility index (Phi) is 6.49. The van der Waals surface area contributed by atoms with E-state index in [9.17, 15) is 14.7 Å². The van der Waals surface area contributed by atoms with Crippen LogP contribution in [0.5, 0.6) is 0 Å². The van der Waals surface area contributed by atoms with Crippen molar-refractivity contribution in [3.63, 3.8) is 0 Å². The molecule has 1 saturated heterocycles. The fourth-order valence-corrected chi connectivity index (χ4v) is 3.07. The van der Waals surface area contributed by atoms with Crippen LogP contribution in [0.2, 0.25) is 0 Å². The molecule has 2 amide bonds. The Labute approximate surface area is 164 Å². The summed E-state index contributed by atoms with van der Waals surface area (Å²) in [5, 5.41) is 10.3. The number of aliphatic hydroxyl groups is 1. The number of hydrogen-bond donors (Lipinski definition) is 1. The molecule has 28 heavy (non-hydrogen) atoms. The van der Waals surface area contributed by atoms with Gasteiger partial charge in [-0.15, -0.1) is 0 Å². The lowest BCUT2D eigenvalue weighted by Crippen LogP contribution is -2.44. The van der Waals surface area contributed by atoms with Gasteiger partial charge in [0.05, 0.1) is 18.7 Å². The van der Waals surface area contributed by atoms with E-state index in [1.165, 1.54) is 9.80 Å². The molecule has 148 valence electrons. The van der Waals surface area contributed by atoms with Gasteiger partial charge in [0.1, 0.15) is 13.2 Å². The minimum Gasteiger partial charge on any atom is -0.445 e. The normalized spacial score (nSPS) is 18.6. The average molecular weight is 384 g/mol. The Balaban J connectivity index is 1.49. The van der Waals surface area contributed by atoms with Crippen LogP contribution in [0.15, 0.2) is 60.7 Å². The van der Waals surface area contributed by atoms with Crippen LogP contribution in [0.3, 0.4) is 0 Å². The predicted molar refractivity (Wildman–Crippen MR) is 102 cm³/mol. The van der Waals surface area contributed by atoms with Gasteiger partial charge in [-0.25, -0.2) is 9.59 Å². The quantitative estimate of drug-likeness (QED) is 0.857. The number of ether oxygens (including phenoxy) is 2. The second-order valence-electron chi connectivity index (χ2n) is 6.73. The fourth-order valence-electron chi connectivity index (χ4n) is 3.07. The summed E-state index contributed by atoms with van der Waals surface area (Å²) in [6.07, 6.45) is -1.93. The van der Waals surface area contributed by atoms with E-state index in [1.807, 2.05) is 60.7 Å². The SMILES string of the molecule is CN(C(=O)OCc1ccccc1)[C@@H]1CN(C(=O)OCc2ccccc2)C[C@H]1O. The van der Waals surface area contributed by atoms with Crippen molar-refractivity contribution in [1.82, 2.24) is 9.80 Å². The first-order valence-corrected chi connectivity index (χ1v) is 9.12. The largest absolute Gasteiger partial charge is 0.445 e. The summed E-state index contributed by atoms with van der Waals surface area (Å²) in [5.41, 5.74) is 1.76. The maximum atomic E-state index is 12.3. The molecule has 1 aliphatic heterocycles. The Bertz CT molecular complexity index is 784. The highest BCUT2D eigenvalue weighted by molar-refractivity contribution is 5.70. The molecule has 0 aliphatic carbocycles. The molecule has 0 unspecified atom stereocenters. The number of aliphatic hydroxyl groups excluding tert-OH is 1. The second-order valence-corrected chi connectivity index (χ2v) is 6.73. The summed E-state index contributed by atoms with van der Waals surface area (Å²) >= 11 is 0. The first-order chi connectivity index (χ1) is 13.5. The zero-order valence-corrected chi connectivity index (χ0v) is 15.7. The maximum Gasteiger partial charge on any atom is 0.410 e. The summed E-state index contributed by atoms with van der Waals surface area (Å²) < 4.78 is 10.6. The molecule has 1 N–H and O–H groups in total. The van der Waals surface area contributed by atoms with Gasteiger partial charge in [-0.2, -0.15) is 0 Å². The zero-order valence-electron chi connectivity index (χ0n) is 15.7. The Morgan fingerprint density at radius 1 is 0.964 bits per heavy atom. The molecule has 0 saturated carbocycles. The number of rotatable bonds is 5. The van der Waals surface area contributed by atoms with Gasteiger partial charge in [0.15, 0.2) is 0 Å². The lowest BCUT2D eigenvalue weighted by molar-refractivity contribution is 0.0619. The molecular weight excluding hydrogens is 360 g/mol. The highest BCUT2D eigenvalue weighted by Crippen LogP contribution is 2.18. The summed E-state index contributed by atoms with van der Waals surface area (Å²) in [5.74, 6) is 0. The molecule has 0 aromatic heterocycles. The van der Waals surface area contributed by atoms with E-state index in [-0.39, 0.29) is 26.3 Å². The molecule has 0 spiro atoms. The van der Waals surface area contributed by atoms with Gasteiger partial charge in [0.25, 0.3) is 0 Å². The van der Waals surface area contributed by atoms with Gasteiger partial charge < -0.3 is 24.4 Å². The lowest BCUT2D eigenvalue weighted by Gasteiger charge is -2.25. The van der Waals surface area contributed by atoms with Crippen LogP contribution >= 0.6 is 0 Å². The number of carbonyl (C=O) groups is 2. The first kappa shape index (κ1) is 19.7. The maximum absolute atomic E-state index is 12.3. The monoisotopic (exact) mass is 384 g/mol. The number of likely N-dealkylation sites (tertiary alicyclic amines) is 1. The predicted octanol–water partition coefficient (Wildman–Crippen LogP) is 2.64. The lowest BCUT2D eigenvalue weighted by atomic mass is 10.2. The summed E-state index contributed by atoms with van der Waals surface area (Å²) in [6.45, 7) is 0.599. The summed E-state index contributed by atoms with van der Waals surface area (Å²) in [6, 6.07) is 18.2. The topological polar surface area (TPSA) is 79.3 Å². The Morgan fingerprint density at radius 3 is 2.07 bits per heavy atom. The van der Waals surface area contributed by atoms with Crippen LogP contribution in [0.1, 0.15) is 11.1 Å². The molecular formula is C21H24N2O5. The van der Waals surface area contributed by atoms with Crippen molar-refractivity contribution >= 4 is 12.2 Å². The van der Waals surface area contributed by atoms with Gasteiger partial charge >= 0.3 is 12.2 Å². The zero-order chi connectivity index (χ0) is 19.9. The molecule has 2 aromatic rings. The van der Waals surface area contributed by atoms with Crippen LogP contribution in [0.4, 0.5) is 9.59 Å². The highest BCUT2D eigenvalue weighted by atomic mass is 16.6. The van der Waals surface area contributed by atoms with Crippen molar-refractivity contribution in [2.24, 2.45) is 0 Å². The van der Waals surface area contributed by atoms with Crippen molar-refractivity contribution in [2.45, 2.75) is 25.4 Å². The van der Waals surface area contributed by atoms with Crippen molar-refractivity contribution in [3.05, 3.63) is 71.8 Å². The van der Waals surface area contributed by atoms with E-state index in [0.29, 0.717) is 0 Å². The van der Waals surface area contributed by atoms with Gasteiger partial charge in [-0.3, -0.25) is 0 Å². The number of amides is 2. The number of carbonyl (C=O) groups excluding carboxylic acids is 2. The van der Waals surface area contributed by atoms with Crippen LogP contribution in [0, 0.1) is 0 Å². The van der Waals surface area contributed by atoms with E-state index >= 15 is 0 Å². The molecule has 7 nitrogen and oxygen atoms in total. The third kappa shape index (κ3) is 5.01. The second kappa shape index (κ2) is 9.23. The van der Waals surface area contributed by atoms with E-state index in [2.05, 4.69) is 0 Å². The molecule has 7 heteroatoms. The van der Waals surface area contributed by atoms with Crippen LogP contribution in [-0.4, -0.2) is 59.4 Å². The molecule has 3 rings (SSSR count). The average Bonchev–Trinajstić information content (AvgIpc) is 3.13. The van der Waals surface area contributed by atoms with Crippen molar-refractivity contribution in [3.8, 4) is 0 Å². The van der Waals surface area contributed by atoms with Crippen LogP contribution < -0.4 is 0 Å². The third-order valence-corrected chi connectivity index (χ3v) is 4.71. The highest BCUT2D eigenvalue weighted by Gasteiger charge is 2.39. The minimum absolute atomic E-state index is 0.106. The molecule has 2 aromatic carbocycles. The molecule has 1 fully saturated rings. The van der Waals surface area contributed by atoms with Gasteiger partial charge in [-0.05, 0) is 11.1 Å². The van der Waals surface area contributed by atoms with E-state index < -0.39 is 24.3 Å². The molecule has 0 radical (unpaired) electrons. The number of benzene rings is 2. The molecule has 1 aliphatic rings. The molecule has 0 bridgehead atoms. The smallest absolute Gasteiger partial charge is 0.410 e. The Morgan fingerprint density at radius 2 is 1.50 bits per heavy atom. The molecule has 2 atom stereocenters. The van der Waals surface area contributed by atoms with Crippen LogP contribution in [0.25, 0.3) is 0 Å². The summed E-state index contributed by atoms with van der Waals surface area (Å²) in [7, 11) is 1.56. The van der Waals surface area contributed by atoms with Crippen molar-refractivity contribution in [1.29, 1.82) is 0 Å².